The number of halogens is 3. The molecule has 0 bridgehead atoms. The van der Waals surface area contributed by atoms with Crippen molar-refractivity contribution in [3.63, 3.8) is 0 Å². The molecule has 0 aromatic heterocycles. The smallest absolute Gasteiger partial charge is 0.401 e. The van der Waals surface area contributed by atoms with Crippen molar-refractivity contribution < 1.29 is 17.6 Å². The Morgan fingerprint density at radius 3 is 1.83 bits per heavy atom. The maximum Gasteiger partial charge on any atom is 0.420 e. The van der Waals surface area contributed by atoms with Crippen LogP contribution in [0.2, 0.25) is 19.6 Å². The fourth-order valence-corrected chi connectivity index (χ4v) is 3.15. The summed E-state index contributed by atoms with van der Waals surface area (Å²) in [7, 11) is -2.35. The predicted molar refractivity (Wildman–Crippen MR) is 68.7 cm³/mol. The number of nitrogens with two attached hydrogens (primary N) is 1. The van der Waals surface area contributed by atoms with E-state index >= 15 is 0 Å². The molecule has 2 nitrogen and oxygen atoms in total. The molecule has 2 N–H and O–H groups in total. The van der Waals surface area contributed by atoms with E-state index in [9.17, 15) is 13.2 Å². The third-order valence-electron chi connectivity index (χ3n) is 2.51. The van der Waals surface area contributed by atoms with Crippen molar-refractivity contribution in [1.82, 2.24) is 0 Å². The van der Waals surface area contributed by atoms with E-state index in [-0.39, 0.29) is 5.56 Å². The average Bonchev–Trinajstić information content (AvgIpc) is 2.13. The van der Waals surface area contributed by atoms with Crippen LogP contribution in [0.1, 0.15) is 12.5 Å². The Morgan fingerprint density at radius 2 is 1.50 bits per heavy atom. The zero-order valence-electron chi connectivity index (χ0n) is 10.9. The van der Waals surface area contributed by atoms with E-state index in [0.29, 0.717) is 5.69 Å². The van der Waals surface area contributed by atoms with Gasteiger partial charge in [-0.15, -0.1) is 0 Å². The molecule has 0 spiro atoms. The van der Waals surface area contributed by atoms with Gasteiger partial charge in [0.25, 0.3) is 0 Å². The second-order valence-electron chi connectivity index (χ2n) is 5.37. The minimum absolute atomic E-state index is 0.0756. The maximum atomic E-state index is 13.3. The van der Waals surface area contributed by atoms with Crippen molar-refractivity contribution in [1.29, 1.82) is 0 Å². The molecule has 0 fully saturated rings. The van der Waals surface area contributed by atoms with Crippen LogP contribution in [0, 0.1) is 0 Å². The highest BCUT2D eigenvalue weighted by molar-refractivity contribution is 6.69. The first-order valence-corrected chi connectivity index (χ1v) is 8.99. The summed E-state index contributed by atoms with van der Waals surface area (Å²) in [6.07, 6.45) is -4.47. The summed E-state index contributed by atoms with van der Waals surface area (Å²) < 4.78 is 45.2. The average molecular weight is 277 g/mol. The third-order valence-corrected chi connectivity index (χ3v) is 3.53. The van der Waals surface area contributed by atoms with Crippen LogP contribution in [0.3, 0.4) is 0 Å². The fourth-order valence-electron chi connectivity index (χ4n) is 1.69. The predicted octanol–water partition coefficient (Wildman–Crippen LogP) is 3.90. The minimum Gasteiger partial charge on any atom is -0.401 e. The number of anilines is 1. The van der Waals surface area contributed by atoms with Crippen molar-refractivity contribution in [2.75, 3.05) is 5.73 Å². The molecule has 1 atom stereocenters. The van der Waals surface area contributed by atoms with E-state index < -0.39 is 20.1 Å². The van der Waals surface area contributed by atoms with Gasteiger partial charge in [0.1, 0.15) is 0 Å². The molecular weight excluding hydrogens is 259 g/mol. The largest absolute Gasteiger partial charge is 0.420 e. The van der Waals surface area contributed by atoms with Crippen molar-refractivity contribution in [3.05, 3.63) is 29.8 Å². The van der Waals surface area contributed by atoms with E-state index in [4.69, 9.17) is 10.2 Å². The Balaban J connectivity index is 3.25. The highest BCUT2D eigenvalue weighted by Gasteiger charge is 2.55. The van der Waals surface area contributed by atoms with E-state index in [1.165, 1.54) is 24.3 Å². The highest BCUT2D eigenvalue weighted by Crippen LogP contribution is 2.43. The Kier molecular flexibility index (Phi) is 3.83. The van der Waals surface area contributed by atoms with E-state index in [0.717, 1.165) is 6.92 Å². The third kappa shape index (κ3) is 3.26. The van der Waals surface area contributed by atoms with Gasteiger partial charge in [0.2, 0.25) is 0 Å². The van der Waals surface area contributed by atoms with E-state index in [1.54, 1.807) is 19.6 Å². The number of hydrogen-bond donors (Lipinski definition) is 1. The highest BCUT2D eigenvalue weighted by atomic mass is 28.4. The molecule has 0 amide bonds. The van der Waals surface area contributed by atoms with Crippen LogP contribution in [0.25, 0.3) is 0 Å². The molecule has 0 heterocycles. The Labute approximate surface area is 106 Å². The molecule has 6 heteroatoms. The Morgan fingerprint density at radius 1 is 1.06 bits per heavy atom. The van der Waals surface area contributed by atoms with Crippen LogP contribution in [-0.4, -0.2) is 14.5 Å². The quantitative estimate of drug-likeness (QED) is 0.672. The Hall–Kier alpha value is -1.01. The first-order chi connectivity index (χ1) is 7.96. The summed E-state index contributed by atoms with van der Waals surface area (Å²) in [5.74, 6) is 0. The molecule has 102 valence electrons. The second-order valence-corrected chi connectivity index (χ2v) is 9.80. The molecule has 0 unspecified atom stereocenters. The van der Waals surface area contributed by atoms with Crippen molar-refractivity contribution in [3.8, 4) is 0 Å². The molecule has 18 heavy (non-hydrogen) atoms. The van der Waals surface area contributed by atoms with Gasteiger partial charge in [0.15, 0.2) is 13.9 Å². The van der Waals surface area contributed by atoms with Gasteiger partial charge in [-0.2, -0.15) is 13.2 Å². The molecule has 0 saturated carbocycles. The van der Waals surface area contributed by atoms with Gasteiger partial charge in [-0.1, -0.05) is 12.1 Å². The van der Waals surface area contributed by atoms with Crippen LogP contribution in [-0.2, 0) is 10.0 Å². The number of alkyl halides is 3. The SMILES string of the molecule is C[C@](O[Si](C)(C)C)(c1ccc(N)cc1)C(F)(F)F. The normalized spacial score (nSPS) is 16.4. The molecule has 0 aliphatic carbocycles. The summed E-state index contributed by atoms with van der Waals surface area (Å²) in [6, 6.07) is 5.63. The molecule has 0 aliphatic heterocycles. The van der Waals surface area contributed by atoms with E-state index in [1.807, 2.05) is 0 Å². The van der Waals surface area contributed by atoms with Crippen LogP contribution >= 0.6 is 0 Å². The zero-order chi connectivity index (χ0) is 14.2. The second kappa shape index (κ2) is 4.58. The zero-order valence-corrected chi connectivity index (χ0v) is 11.9. The van der Waals surface area contributed by atoms with Gasteiger partial charge < -0.3 is 10.2 Å². The van der Waals surface area contributed by atoms with Gasteiger partial charge in [-0.3, -0.25) is 0 Å². The van der Waals surface area contributed by atoms with Crippen LogP contribution in [0.15, 0.2) is 24.3 Å². The molecule has 0 aliphatic rings. The lowest BCUT2D eigenvalue weighted by molar-refractivity contribution is -0.250. The van der Waals surface area contributed by atoms with Crippen LogP contribution in [0.5, 0.6) is 0 Å². The van der Waals surface area contributed by atoms with E-state index in [2.05, 4.69) is 0 Å². The number of rotatable bonds is 3. The van der Waals surface area contributed by atoms with Gasteiger partial charge in [-0.05, 0) is 44.3 Å². The Bertz CT molecular complexity index is 411. The van der Waals surface area contributed by atoms with Gasteiger partial charge in [0, 0.05) is 5.69 Å². The summed E-state index contributed by atoms with van der Waals surface area (Å²) in [4.78, 5) is 0. The summed E-state index contributed by atoms with van der Waals surface area (Å²) in [5.41, 5.74) is 3.71. The topological polar surface area (TPSA) is 35.2 Å². The van der Waals surface area contributed by atoms with Crippen molar-refractivity contribution in [2.45, 2.75) is 38.3 Å². The first-order valence-electron chi connectivity index (χ1n) is 5.59. The fraction of sp³-hybridized carbons (Fsp3) is 0.500. The van der Waals surface area contributed by atoms with Crippen molar-refractivity contribution >= 4 is 14.0 Å². The first kappa shape index (κ1) is 15.0. The minimum atomic E-state index is -4.47. The number of nitrogen functional groups attached to an aromatic ring is 1. The number of benzene rings is 1. The molecule has 0 radical (unpaired) electrons. The van der Waals surface area contributed by atoms with Gasteiger partial charge in [-0.25, -0.2) is 0 Å². The summed E-state index contributed by atoms with van der Waals surface area (Å²) in [5, 5.41) is 0. The molecule has 1 aromatic rings. The van der Waals surface area contributed by atoms with Crippen LogP contribution in [0.4, 0.5) is 18.9 Å². The molecular formula is C12H18F3NOSi. The lowest BCUT2D eigenvalue weighted by atomic mass is 9.95. The van der Waals surface area contributed by atoms with Crippen molar-refractivity contribution in [2.24, 2.45) is 0 Å². The lowest BCUT2D eigenvalue weighted by Gasteiger charge is -2.38. The number of hydrogen-bond acceptors (Lipinski definition) is 2. The van der Waals surface area contributed by atoms with Crippen LogP contribution < -0.4 is 5.73 Å². The maximum absolute atomic E-state index is 13.3. The molecule has 1 rings (SSSR count). The lowest BCUT2D eigenvalue weighted by Crippen LogP contribution is -2.48. The van der Waals surface area contributed by atoms with Gasteiger partial charge >= 0.3 is 6.18 Å². The van der Waals surface area contributed by atoms with Gasteiger partial charge in [0.05, 0.1) is 0 Å². The monoisotopic (exact) mass is 277 g/mol. The standard InChI is InChI=1S/C12H18F3NOSi/c1-11(12(13,14)15,17-18(2,3)4)9-5-7-10(16)8-6-9/h5-8H,16H2,1-4H3/t11-/m0/s1. The summed E-state index contributed by atoms with van der Waals surface area (Å²) in [6.45, 7) is 6.26. The molecule has 0 saturated heterocycles. The summed E-state index contributed by atoms with van der Waals surface area (Å²) >= 11 is 0. The molecule has 1 aromatic carbocycles.